The molecule has 0 saturated heterocycles. The van der Waals surface area contributed by atoms with Gasteiger partial charge in [0.05, 0.1) is 11.2 Å². The normalized spacial score (nSPS) is 10.8. The van der Waals surface area contributed by atoms with Gasteiger partial charge < -0.3 is 11.5 Å². The zero-order valence-electron chi connectivity index (χ0n) is 8.31. The van der Waals surface area contributed by atoms with Crippen molar-refractivity contribution in [3.05, 3.63) is 30.0 Å². The Balaban J connectivity index is 2.61. The minimum absolute atomic E-state index is 0.343. The number of rotatable bonds is 3. The van der Waals surface area contributed by atoms with Crippen LogP contribution in [0.5, 0.6) is 0 Å². The second-order valence-electron chi connectivity index (χ2n) is 3.39. The van der Waals surface area contributed by atoms with E-state index >= 15 is 0 Å². The standard InChI is InChI=1S/C10H10N4O2/c11-9(15)7(10(12)16)8-5-3-1-2-4-6(5)13-14-8/h1-4,7H,(H2,11,15)(H2,12,16)(H,13,14). The maximum atomic E-state index is 11.2. The van der Waals surface area contributed by atoms with E-state index in [2.05, 4.69) is 10.2 Å². The van der Waals surface area contributed by atoms with E-state index in [1.54, 1.807) is 24.3 Å². The van der Waals surface area contributed by atoms with Crippen LogP contribution in [-0.4, -0.2) is 22.0 Å². The average Bonchev–Trinajstić information content (AvgIpc) is 2.61. The molecule has 2 rings (SSSR count). The fourth-order valence-electron chi connectivity index (χ4n) is 1.62. The van der Waals surface area contributed by atoms with Crippen molar-refractivity contribution in [1.82, 2.24) is 10.2 Å². The lowest BCUT2D eigenvalue weighted by Gasteiger charge is -2.06. The molecule has 16 heavy (non-hydrogen) atoms. The molecule has 6 heteroatoms. The molecule has 0 aliphatic heterocycles. The van der Waals surface area contributed by atoms with Crippen molar-refractivity contribution >= 4 is 22.7 Å². The van der Waals surface area contributed by atoms with Gasteiger partial charge in [-0.05, 0) is 6.07 Å². The minimum Gasteiger partial charge on any atom is -0.369 e. The Morgan fingerprint density at radius 2 is 1.81 bits per heavy atom. The molecule has 0 aliphatic rings. The van der Waals surface area contributed by atoms with Gasteiger partial charge in [-0.3, -0.25) is 14.7 Å². The van der Waals surface area contributed by atoms with Crippen LogP contribution in [0.3, 0.4) is 0 Å². The van der Waals surface area contributed by atoms with Gasteiger partial charge in [0.25, 0.3) is 0 Å². The van der Waals surface area contributed by atoms with Crippen molar-refractivity contribution in [3.63, 3.8) is 0 Å². The SMILES string of the molecule is NC(=O)C(C(N)=O)c1[nH]nc2ccccc12. The van der Waals surface area contributed by atoms with Gasteiger partial charge in [0.15, 0.2) is 5.92 Å². The Hall–Kier alpha value is -2.37. The third kappa shape index (κ3) is 1.50. The van der Waals surface area contributed by atoms with E-state index in [4.69, 9.17) is 11.5 Å². The largest absolute Gasteiger partial charge is 0.369 e. The Labute approximate surface area is 90.6 Å². The minimum atomic E-state index is -1.17. The number of fused-ring (bicyclic) bond motifs is 1. The molecule has 1 heterocycles. The molecule has 0 fully saturated rings. The number of para-hydroxylation sites is 1. The van der Waals surface area contributed by atoms with Gasteiger partial charge in [-0.15, -0.1) is 0 Å². The summed E-state index contributed by atoms with van der Waals surface area (Å²) < 4.78 is 0. The van der Waals surface area contributed by atoms with E-state index in [0.29, 0.717) is 16.6 Å². The van der Waals surface area contributed by atoms with Gasteiger partial charge in [0.1, 0.15) is 0 Å². The number of amides is 2. The molecule has 82 valence electrons. The highest BCUT2D eigenvalue weighted by Crippen LogP contribution is 2.22. The lowest BCUT2D eigenvalue weighted by molar-refractivity contribution is -0.128. The summed E-state index contributed by atoms with van der Waals surface area (Å²) in [5.74, 6) is -2.75. The van der Waals surface area contributed by atoms with E-state index in [1.807, 2.05) is 0 Å². The summed E-state index contributed by atoms with van der Waals surface area (Å²) >= 11 is 0. The van der Waals surface area contributed by atoms with Crippen molar-refractivity contribution in [1.29, 1.82) is 0 Å². The lowest BCUT2D eigenvalue weighted by atomic mass is 10.0. The zero-order chi connectivity index (χ0) is 11.7. The molecule has 6 nitrogen and oxygen atoms in total. The van der Waals surface area contributed by atoms with Gasteiger partial charge in [-0.2, -0.15) is 5.10 Å². The first-order valence-electron chi connectivity index (χ1n) is 4.63. The van der Waals surface area contributed by atoms with Crippen molar-refractivity contribution in [3.8, 4) is 0 Å². The summed E-state index contributed by atoms with van der Waals surface area (Å²) in [6.45, 7) is 0. The number of H-pyrrole nitrogens is 1. The summed E-state index contributed by atoms with van der Waals surface area (Å²) in [6.07, 6.45) is 0. The van der Waals surface area contributed by atoms with Crippen LogP contribution in [0, 0.1) is 0 Å². The smallest absolute Gasteiger partial charge is 0.236 e. The molecular formula is C10H10N4O2. The van der Waals surface area contributed by atoms with Crippen molar-refractivity contribution in [2.75, 3.05) is 0 Å². The Morgan fingerprint density at radius 1 is 1.19 bits per heavy atom. The Morgan fingerprint density at radius 3 is 2.44 bits per heavy atom. The highest BCUT2D eigenvalue weighted by atomic mass is 16.2. The predicted molar refractivity (Wildman–Crippen MR) is 57.2 cm³/mol. The maximum Gasteiger partial charge on any atom is 0.236 e. The first kappa shape index (κ1) is 10.2. The van der Waals surface area contributed by atoms with Crippen LogP contribution < -0.4 is 11.5 Å². The molecular weight excluding hydrogens is 208 g/mol. The number of aromatic nitrogens is 2. The number of carbonyl (C=O) groups excluding carboxylic acids is 2. The molecule has 0 saturated carbocycles. The van der Waals surface area contributed by atoms with Crippen molar-refractivity contribution in [2.24, 2.45) is 11.5 Å². The molecule has 2 amide bonds. The number of benzene rings is 1. The number of hydrogen-bond donors (Lipinski definition) is 3. The molecule has 2 aromatic rings. The van der Waals surface area contributed by atoms with Crippen LogP contribution in [0.15, 0.2) is 24.3 Å². The summed E-state index contributed by atoms with van der Waals surface area (Å²) in [5.41, 5.74) is 11.3. The molecule has 0 unspecified atom stereocenters. The van der Waals surface area contributed by atoms with Crippen molar-refractivity contribution < 1.29 is 9.59 Å². The van der Waals surface area contributed by atoms with Crippen molar-refractivity contribution in [2.45, 2.75) is 5.92 Å². The third-order valence-corrected chi connectivity index (χ3v) is 2.35. The van der Waals surface area contributed by atoms with Gasteiger partial charge in [0.2, 0.25) is 11.8 Å². The summed E-state index contributed by atoms with van der Waals surface area (Å²) in [5, 5.41) is 7.26. The van der Waals surface area contributed by atoms with Crippen LogP contribution in [0.1, 0.15) is 11.6 Å². The van der Waals surface area contributed by atoms with E-state index in [9.17, 15) is 9.59 Å². The predicted octanol–water partition coefficient (Wildman–Crippen LogP) is -0.383. The number of carbonyl (C=O) groups is 2. The van der Waals surface area contributed by atoms with Gasteiger partial charge >= 0.3 is 0 Å². The summed E-state index contributed by atoms with van der Waals surface area (Å²) in [6, 6.07) is 7.08. The van der Waals surface area contributed by atoms with E-state index < -0.39 is 17.7 Å². The molecule has 5 N–H and O–H groups in total. The number of nitrogens with zero attached hydrogens (tertiary/aromatic N) is 1. The van der Waals surface area contributed by atoms with Gasteiger partial charge in [-0.25, -0.2) is 0 Å². The maximum absolute atomic E-state index is 11.2. The summed E-state index contributed by atoms with van der Waals surface area (Å²) in [7, 11) is 0. The lowest BCUT2D eigenvalue weighted by Crippen LogP contribution is -2.33. The summed E-state index contributed by atoms with van der Waals surface area (Å²) in [4.78, 5) is 22.3. The molecule has 0 atom stereocenters. The first-order valence-corrected chi connectivity index (χ1v) is 4.63. The van der Waals surface area contributed by atoms with E-state index in [-0.39, 0.29) is 0 Å². The number of nitrogens with two attached hydrogens (primary N) is 2. The fourth-order valence-corrected chi connectivity index (χ4v) is 1.62. The molecule has 0 aliphatic carbocycles. The van der Waals surface area contributed by atoms with Crippen LogP contribution in [0.25, 0.3) is 10.9 Å². The Kier molecular flexibility index (Phi) is 2.32. The molecule has 0 bridgehead atoms. The van der Waals surface area contributed by atoms with Crippen LogP contribution in [0.4, 0.5) is 0 Å². The molecule has 1 aromatic heterocycles. The average molecular weight is 218 g/mol. The topological polar surface area (TPSA) is 115 Å². The number of primary amides is 2. The number of aromatic amines is 1. The highest BCUT2D eigenvalue weighted by molar-refractivity contribution is 6.06. The molecule has 0 radical (unpaired) electrons. The fraction of sp³-hybridized carbons (Fsp3) is 0.100. The highest BCUT2D eigenvalue weighted by Gasteiger charge is 2.27. The second-order valence-corrected chi connectivity index (χ2v) is 3.39. The van der Waals surface area contributed by atoms with Crippen LogP contribution >= 0.6 is 0 Å². The van der Waals surface area contributed by atoms with Crippen LogP contribution in [-0.2, 0) is 9.59 Å². The quantitative estimate of drug-likeness (QED) is 0.609. The first-order chi connectivity index (χ1) is 7.61. The number of nitrogens with one attached hydrogen (secondary N) is 1. The zero-order valence-corrected chi connectivity index (χ0v) is 8.31. The Bertz CT molecular complexity index is 547. The monoisotopic (exact) mass is 218 g/mol. The molecule has 0 spiro atoms. The van der Waals surface area contributed by atoms with Gasteiger partial charge in [0, 0.05) is 5.39 Å². The van der Waals surface area contributed by atoms with E-state index in [1.165, 1.54) is 0 Å². The third-order valence-electron chi connectivity index (χ3n) is 2.35. The van der Waals surface area contributed by atoms with Crippen LogP contribution in [0.2, 0.25) is 0 Å². The van der Waals surface area contributed by atoms with Gasteiger partial charge in [-0.1, -0.05) is 18.2 Å². The second kappa shape index (κ2) is 3.65. The number of hydrogen-bond acceptors (Lipinski definition) is 3. The van der Waals surface area contributed by atoms with E-state index in [0.717, 1.165) is 0 Å². The molecule has 1 aromatic carbocycles.